The molecule has 1 saturated heterocycles. The number of hydrogen-bond acceptors (Lipinski definition) is 4. The summed E-state index contributed by atoms with van der Waals surface area (Å²) in [4.78, 5) is 13.1. The van der Waals surface area contributed by atoms with Crippen molar-refractivity contribution in [3.63, 3.8) is 0 Å². The summed E-state index contributed by atoms with van der Waals surface area (Å²) in [5.74, 6) is -0.292. The number of amides is 1. The predicted molar refractivity (Wildman–Crippen MR) is 60.7 cm³/mol. The summed E-state index contributed by atoms with van der Waals surface area (Å²) in [6, 6.07) is -0.201. The Bertz CT molecular complexity index is 223. The van der Waals surface area contributed by atoms with Crippen LogP contribution < -0.4 is 5.73 Å². The zero-order chi connectivity index (χ0) is 12.0. The number of β-amino-alcohol motifs (C(OH)–C–C–N with tert-alkyl or cyclic N) is 1. The zero-order valence-electron chi connectivity index (χ0n) is 9.64. The summed E-state index contributed by atoms with van der Waals surface area (Å²) in [5, 5.41) is 18.4. The van der Waals surface area contributed by atoms with Crippen LogP contribution in [0.2, 0.25) is 0 Å². The molecule has 2 atom stereocenters. The van der Waals surface area contributed by atoms with E-state index < -0.39 is 6.10 Å². The predicted octanol–water partition coefficient (Wildman–Crippen LogP) is -0.540. The van der Waals surface area contributed by atoms with Crippen molar-refractivity contribution in [1.82, 2.24) is 4.90 Å². The molecule has 1 aliphatic rings. The van der Waals surface area contributed by atoms with Crippen molar-refractivity contribution in [3.8, 4) is 0 Å². The van der Waals surface area contributed by atoms with Crippen molar-refractivity contribution in [3.05, 3.63) is 0 Å². The van der Waals surface area contributed by atoms with Gasteiger partial charge in [0.05, 0.1) is 12.1 Å². The van der Waals surface area contributed by atoms with Crippen molar-refractivity contribution >= 4 is 5.91 Å². The molecule has 94 valence electrons. The van der Waals surface area contributed by atoms with Crippen molar-refractivity contribution in [2.75, 3.05) is 19.7 Å². The number of primary amides is 1. The highest BCUT2D eigenvalue weighted by atomic mass is 16.3. The van der Waals surface area contributed by atoms with Gasteiger partial charge in [0.15, 0.2) is 0 Å². The van der Waals surface area contributed by atoms with Crippen LogP contribution in [-0.2, 0) is 4.79 Å². The van der Waals surface area contributed by atoms with Crippen molar-refractivity contribution in [2.45, 2.75) is 44.2 Å². The molecule has 1 heterocycles. The van der Waals surface area contributed by atoms with Crippen LogP contribution in [0.5, 0.6) is 0 Å². The molecule has 0 spiro atoms. The molecule has 1 fully saturated rings. The second-order valence-corrected chi connectivity index (χ2v) is 4.43. The van der Waals surface area contributed by atoms with Crippen LogP contribution in [0.15, 0.2) is 0 Å². The fourth-order valence-corrected chi connectivity index (χ4v) is 2.22. The largest absolute Gasteiger partial charge is 0.396 e. The number of likely N-dealkylation sites (tertiary alicyclic amines) is 1. The number of aliphatic hydroxyl groups is 2. The SMILES string of the molecule is NC(=O)C1CCCN1CC(O)CCCCO. The maximum Gasteiger partial charge on any atom is 0.234 e. The van der Waals surface area contributed by atoms with E-state index in [2.05, 4.69) is 0 Å². The molecule has 5 nitrogen and oxygen atoms in total. The number of hydrogen-bond donors (Lipinski definition) is 3. The minimum atomic E-state index is -0.425. The highest BCUT2D eigenvalue weighted by Crippen LogP contribution is 2.17. The molecule has 4 N–H and O–H groups in total. The number of rotatable bonds is 7. The molecule has 0 aliphatic carbocycles. The first-order chi connectivity index (χ1) is 7.65. The van der Waals surface area contributed by atoms with Crippen molar-refractivity contribution in [1.29, 1.82) is 0 Å². The van der Waals surface area contributed by atoms with Gasteiger partial charge in [-0.2, -0.15) is 0 Å². The third kappa shape index (κ3) is 4.08. The van der Waals surface area contributed by atoms with E-state index in [0.29, 0.717) is 13.0 Å². The third-order valence-electron chi connectivity index (χ3n) is 3.08. The average Bonchev–Trinajstić information content (AvgIpc) is 2.66. The molecule has 0 aromatic carbocycles. The van der Waals surface area contributed by atoms with Gasteiger partial charge in [-0.25, -0.2) is 0 Å². The zero-order valence-corrected chi connectivity index (χ0v) is 9.64. The van der Waals surface area contributed by atoms with Crippen LogP contribution in [0.3, 0.4) is 0 Å². The Labute approximate surface area is 96.2 Å². The Balaban J connectivity index is 2.26. The van der Waals surface area contributed by atoms with Crippen molar-refractivity contribution < 1.29 is 15.0 Å². The Kier molecular flexibility index (Phi) is 5.73. The van der Waals surface area contributed by atoms with E-state index in [1.807, 2.05) is 4.90 Å². The fourth-order valence-electron chi connectivity index (χ4n) is 2.22. The van der Waals surface area contributed by atoms with Gasteiger partial charge < -0.3 is 15.9 Å². The minimum Gasteiger partial charge on any atom is -0.396 e. The second kappa shape index (κ2) is 6.83. The maximum absolute atomic E-state index is 11.1. The van der Waals surface area contributed by atoms with E-state index in [0.717, 1.165) is 32.2 Å². The lowest BCUT2D eigenvalue weighted by Gasteiger charge is -2.24. The monoisotopic (exact) mass is 230 g/mol. The maximum atomic E-state index is 11.1. The first kappa shape index (κ1) is 13.4. The Morgan fingerprint density at radius 2 is 2.25 bits per heavy atom. The summed E-state index contributed by atoms with van der Waals surface area (Å²) in [7, 11) is 0. The normalized spacial score (nSPS) is 23.5. The molecule has 0 radical (unpaired) electrons. The number of unbranched alkanes of at least 4 members (excludes halogenated alkanes) is 1. The van der Waals surface area contributed by atoms with Gasteiger partial charge in [-0.3, -0.25) is 9.69 Å². The highest BCUT2D eigenvalue weighted by molar-refractivity contribution is 5.80. The molecule has 0 saturated carbocycles. The number of nitrogens with zero attached hydrogens (tertiary/aromatic N) is 1. The summed E-state index contributed by atoms with van der Waals surface area (Å²) in [6.07, 6.45) is 3.55. The van der Waals surface area contributed by atoms with E-state index in [4.69, 9.17) is 10.8 Å². The lowest BCUT2D eigenvalue weighted by Crippen LogP contribution is -2.43. The minimum absolute atomic E-state index is 0.167. The van der Waals surface area contributed by atoms with Gasteiger partial charge in [0.1, 0.15) is 0 Å². The topological polar surface area (TPSA) is 86.8 Å². The summed E-state index contributed by atoms with van der Waals surface area (Å²) in [5.41, 5.74) is 5.29. The third-order valence-corrected chi connectivity index (χ3v) is 3.08. The van der Waals surface area contributed by atoms with Crippen LogP contribution in [0.1, 0.15) is 32.1 Å². The lowest BCUT2D eigenvalue weighted by atomic mass is 10.1. The molecule has 0 bridgehead atoms. The number of carbonyl (C=O) groups is 1. The van der Waals surface area contributed by atoms with Gasteiger partial charge in [-0.1, -0.05) is 0 Å². The van der Waals surface area contributed by atoms with E-state index >= 15 is 0 Å². The molecule has 1 rings (SSSR count). The first-order valence-electron chi connectivity index (χ1n) is 5.97. The Hall–Kier alpha value is -0.650. The van der Waals surface area contributed by atoms with Gasteiger partial charge in [0.2, 0.25) is 5.91 Å². The first-order valence-corrected chi connectivity index (χ1v) is 5.97. The van der Waals surface area contributed by atoms with Gasteiger partial charge in [-0.05, 0) is 38.6 Å². The van der Waals surface area contributed by atoms with Gasteiger partial charge in [0.25, 0.3) is 0 Å². The molecular weight excluding hydrogens is 208 g/mol. The van der Waals surface area contributed by atoms with Crippen LogP contribution in [0.25, 0.3) is 0 Å². The number of carbonyl (C=O) groups excluding carboxylic acids is 1. The average molecular weight is 230 g/mol. The molecular formula is C11H22N2O3. The molecule has 1 amide bonds. The van der Waals surface area contributed by atoms with Gasteiger partial charge in [-0.15, -0.1) is 0 Å². The highest BCUT2D eigenvalue weighted by Gasteiger charge is 2.29. The van der Waals surface area contributed by atoms with Crippen LogP contribution in [-0.4, -0.2) is 52.9 Å². The number of nitrogens with two attached hydrogens (primary N) is 1. The summed E-state index contributed by atoms with van der Waals surface area (Å²) >= 11 is 0. The van der Waals surface area contributed by atoms with E-state index in [-0.39, 0.29) is 18.6 Å². The fraction of sp³-hybridized carbons (Fsp3) is 0.909. The van der Waals surface area contributed by atoms with Crippen LogP contribution in [0.4, 0.5) is 0 Å². The number of aliphatic hydroxyl groups excluding tert-OH is 2. The Morgan fingerprint density at radius 3 is 2.88 bits per heavy atom. The Morgan fingerprint density at radius 1 is 1.50 bits per heavy atom. The second-order valence-electron chi connectivity index (χ2n) is 4.43. The molecule has 5 heteroatoms. The van der Waals surface area contributed by atoms with E-state index in [9.17, 15) is 9.90 Å². The van der Waals surface area contributed by atoms with Gasteiger partial charge >= 0.3 is 0 Å². The summed E-state index contributed by atoms with van der Waals surface area (Å²) < 4.78 is 0. The van der Waals surface area contributed by atoms with Crippen molar-refractivity contribution in [2.24, 2.45) is 5.73 Å². The molecule has 2 unspecified atom stereocenters. The quantitative estimate of drug-likeness (QED) is 0.513. The van der Waals surface area contributed by atoms with E-state index in [1.165, 1.54) is 0 Å². The molecule has 0 aromatic rings. The molecule has 1 aliphatic heterocycles. The smallest absolute Gasteiger partial charge is 0.234 e. The van der Waals surface area contributed by atoms with Crippen LogP contribution >= 0.6 is 0 Å². The van der Waals surface area contributed by atoms with Crippen LogP contribution in [0, 0.1) is 0 Å². The van der Waals surface area contributed by atoms with E-state index in [1.54, 1.807) is 0 Å². The lowest BCUT2D eigenvalue weighted by molar-refractivity contribution is -0.122. The van der Waals surface area contributed by atoms with Gasteiger partial charge in [0, 0.05) is 13.2 Å². The molecule has 0 aromatic heterocycles. The molecule has 16 heavy (non-hydrogen) atoms. The summed E-state index contributed by atoms with van der Waals surface area (Å²) in [6.45, 7) is 1.52. The standard InChI is InChI=1S/C11H22N2O3/c12-11(16)10-5-3-6-13(10)8-9(15)4-1-2-7-14/h9-10,14-15H,1-8H2,(H2,12,16).